The van der Waals surface area contributed by atoms with Gasteiger partial charge in [-0.1, -0.05) is 36.4 Å². The number of ether oxygens (including phenoxy) is 2. The summed E-state index contributed by atoms with van der Waals surface area (Å²) in [4.78, 5) is 36.2. The topological polar surface area (TPSA) is 93.1 Å². The fourth-order valence-electron chi connectivity index (χ4n) is 2.20. The average molecular weight is 363 g/mol. The maximum Gasteiger partial charge on any atom is 0.410 e. The number of aliphatic hydroxyl groups is 1. The minimum atomic E-state index is -0.598. The van der Waals surface area contributed by atoms with Crippen molar-refractivity contribution < 1.29 is 29.0 Å². The molecule has 142 valence electrons. The summed E-state index contributed by atoms with van der Waals surface area (Å²) in [6.45, 7) is 1.85. The zero-order valence-electron chi connectivity index (χ0n) is 15.1. The predicted molar refractivity (Wildman–Crippen MR) is 95.3 cm³/mol. The van der Waals surface area contributed by atoms with E-state index in [2.05, 4.69) is 4.74 Å². The Balaban J connectivity index is 2.54. The smallest absolute Gasteiger partial charge is 0.410 e. The normalized spacial score (nSPS) is 11.8. The molecule has 1 aromatic rings. The van der Waals surface area contributed by atoms with Crippen molar-refractivity contribution in [1.82, 2.24) is 4.90 Å². The molecule has 1 N–H and O–H groups in total. The lowest BCUT2D eigenvalue weighted by atomic mass is 10.1. The van der Waals surface area contributed by atoms with Crippen LogP contribution in [-0.2, 0) is 25.7 Å². The van der Waals surface area contributed by atoms with E-state index in [1.165, 1.54) is 18.1 Å². The second-order valence-electron chi connectivity index (χ2n) is 5.66. The van der Waals surface area contributed by atoms with Crippen molar-refractivity contribution in [3.8, 4) is 0 Å². The van der Waals surface area contributed by atoms with Crippen LogP contribution in [0.3, 0.4) is 0 Å². The van der Waals surface area contributed by atoms with Crippen molar-refractivity contribution in [1.29, 1.82) is 0 Å². The van der Waals surface area contributed by atoms with Crippen LogP contribution < -0.4 is 0 Å². The summed E-state index contributed by atoms with van der Waals surface area (Å²) in [6, 6.07) is 9.00. The molecule has 0 radical (unpaired) electrons. The van der Waals surface area contributed by atoms with Gasteiger partial charge in [-0.05, 0) is 25.0 Å². The highest BCUT2D eigenvalue weighted by Gasteiger charge is 2.20. The molecule has 1 aromatic carbocycles. The largest absolute Gasteiger partial charge is 0.469 e. The second kappa shape index (κ2) is 11.8. The Morgan fingerprint density at radius 2 is 1.92 bits per heavy atom. The van der Waals surface area contributed by atoms with Crippen LogP contribution in [0.4, 0.5) is 4.79 Å². The van der Waals surface area contributed by atoms with Gasteiger partial charge in [-0.15, -0.1) is 0 Å². The average Bonchev–Trinajstić information content (AvgIpc) is 2.64. The molecule has 0 saturated carbocycles. The minimum Gasteiger partial charge on any atom is -0.469 e. The van der Waals surface area contributed by atoms with Crippen LogP contribution in [0, 0.1) is 0 Å². The zero-order chi connectivity index (χ0) is 19.4. The third-order valence-corrected chi connectivity index (χ3v) is 3.64. The van der Waals surface area contributed by atoms with E-state index < -0.39 is 12.1 Å². The SMILES string of the molecule is COC(=O)CC(=O)/C=C/C[C@H](C)N(CCO)C(=O)OCc1ccccc1. The molecule has 1 rings (SSSR count). The Morgan fingerprint density at radius 3 is 2.54 bits per heavy atom. The van der Waals surface area contributed by atoms with Gasteiger partial charge in [0, 0.05) is 12.6 Å². The van der Waals surface area contributed by atoms with E-state index in [4.69, 9.17) is 4.74 Å². The van der Waals surface area contributed by atoms with Gasteiger partial charge in [0.05, 0.1) is 13.7 Å². The quantitative estimate of drug-likeness (QED) is 0.389. The number of allylic oxidation sites excluding steroid dienone is 1. The van der Waals surface area contributed by atoms with Crippen molar-refractivity contribution >= 4 is 17.8 Å². The lowest BCUT2D eigenvalue weighted by Crippen LogP contribution is -2.40. The summed E-state index contributed by atoms with van der Waals surface area (Å²) in [6.07, 6.45) is 2.41. The maximum atomic E-state index is 12.3. The van der Waals surface area contributed by atoms with E-state index in [1.54, 1.807) is 13.0 Å². The van der Waals surface area contributed by atoms with Crippen molar-refractivity contribution in [3.05, 3.63) is 48.0 Å². The molecule has 0 aromatic heterocycles. The van der Waals surface area contributed by atoms with E-state index in [1.807, 2.05) is 30.3 Å². The molecule has 7 nitrogen and oxygen atoms in total. The first-order valence-corrected chi connectivity index (χ1v) is 8.32. The van der Waals surface area contributed by atoms with Gasteiger partial charge in [-0.3, -0.25) is 9.59 Å². The molecule has 0 fully saturated rings. The van der Waals surface area contributed by atoms with E-state index in [0.29, 0.717) is 6.42 Å². The Labute approximate surface area is 153 Å². The molecule has 0 heterocycles. The molecular weight excluding hydrogens is 338 g/mol. The number of hydrogen-bond acceptors (Lipinski definition) is 6. The number of carbonyl (C=O) groups excluding carboxylic acids is 3. The molecule has 0 bridgehead atoms. The highest BCUT2D eigenvalue weighted by molar-refractivity contribution is 6.01. The lowest BCUT2D eigenvalue weighted by molar-refractivity contribution is -0.142. The first-order valence-electron chi connectivity index (χ1n) is 8.32. The number of aliphatic hydroxyl groups excluding tert-OH is 1. The number of benzene rings is 1. The van der Waals surface area contributed by atoms with Gasteiger partial charge in [0.1, 0.15) is 13.0 Å². The zero-order valence-corrected chi connectivity index (χ0v) is 15.1. The summed E-state index contributed by atoms with van der Waals surface area (Å²) < 4.78 is 9.70. The van der Waals surface area contributed by atoms with Gasteiger partial charge in [0.15, 0.2) is 5.78 Å². The number of esters is 1. The fraction of sp³-hybridized carbons (Fsp3) is 0.421. The van der Waals surface area contributed by atoms with Crippen molar-refractivity contribution in [2.24, 2.45) is 0 Å². The summed E-state index contributed by atoms with van der Waals surface area (Å²) in [5.74, 6) is -0.969. The molecule has 0 spiro atoms. The molecule has 0 unspecified atom stereocenters. The molecule has 1 amide bonds. The first kappa shape index (κ1) is 21.4. The number of ketones is 1. The molecule has 26 heavy (non-hydrogen) atoms. The number of carbonyl (C=O) groups is 3. The minimum absolute atomic E-state index is 0.124. The molecule has 0 aliphatic rings. The molecular formula is C19H25NO6. The monoisotopic (exact) mass is 363 g/mol. The van der Waals surface area contributed by atoms with Crippen LogP contribution in [0.2, 0.25) is 0 Å². The van der Waals surface area contributed by atoms with Crippen LogP contribution in [0.15, 0.2) is 42.5 Å². The van der Waals surface area contributed by atoms with Gasteiger partial charge < -0.3 is 19.5 Å². The van der Waals surface area contributed by atoms with E-state index in [0.717, 1.165) is 5.56 Å². The van der Waals surface area contributed by atoms with Gasteiger partial charge in [-0.2, -0.15) is 0 Å². The fourth-order valence-corrected chi connectivity index (χ4v) is 2.20. The number of methoxy groups -OCH3 is 1. The standard InChI is InChI=1S/C19H25NO6/c1-15(7-6-10-17(22)13-18(23)25-2)20(11-12-21)19(24)26-14-16-8-4-3-5-9-16/h3-6,8-10,15,21H,7,11-14H2,1-2H3/b10-6+/t15-/m0/s1. The summed E-state index contributed by atoms with van der Waals surface area (Å²) >= 11 is 0. The summed E-state index contributed by atoms with van der Waals surface area (Å²) in [5.41, 5.74) is 0.866. The Morgan fingerprint density at radius 1 is 1.23 bits per heavy atom. The highest BCUT2D eigenvalue weighted by Crippen LogP contribution is 2.09. The van der Waals surface area contributed by atoms with Gasteiger partial charge in [0.25, 0.3) is 0 Å². The number of rotatable bonds is 10. The second-order valence-corrected chi connectivity index (χ2v) is 5.66. The lowest BCUT2D eigenvalue weighted by Gasteiger charge is -2.27. The van der Waals surface area contributed by atoms with Crippen LogP contribution in [0.5, 0.6) is 0 Å². The van der Waals surface area contributed by atoms with Gasteiger partial charge >= 0.3 is 12.1 Å². The van der Waals surface area contributed by atoms with Crippen molar-refractivity contribution in [3.63, 3.8) is 0 Å². The molecule has 0 aliphatic heterocycles. The van der Waals surface area contributed by atoms with E-state index >= 15 is 0 Å². The maximum absolute atomic E-state index is 12.3. The first-order chi connectivity index (χ1) is 12.5. The van der Waals surface area contributed by atoms with Crippen molar-refractivity contribution in [2.45, 2.75) is 32.4 Å². The van der Waals surface area contributed by atoms with E-state index in [9.17, 15) is 19.5 Å². The van der Waals surface area contributed by atoms with Crippen LogP contribution in [-0.4, -0.2) is 54.2 Å². The summed E-state index contributed by atoms with van der Waals surface area (Å²) in [5, 5.41) is 9.19. The molecule has 0 saturated heterocycles. The Hall–Kier alpha value is -2.67. The third kappa shape index (κ3) is 7.94. The van der Waals surface area contributed by atoms with Crippen LogP contribution in [0.25, 0.3) is 0 Å². The Bertz CT molecular complexity index is 614. The number of nitrogens with zero attached hydrogens (tertiary/aromatic N) is 1. The number of amides is 1. The van der Waals surface area contributed by atoms with Gasteiger partial charge in [-0.25, -0.2) is 4.79 Å². The third-order valence-electron chi connectivity index (χ3n) is 3.64. The number of hydrogen-bond donors (Lipinski definition) is 1. The Kier molecular flexibility index (Phi) is 9.71. The molecule has 0 aliphatic carbocycles. The van der Waals surface area contributed by atoms with E-state index in [-0.39, 0.29) is 38.0 Å². The van der Waals surface area contributed by atoms with Gasteiger partial charge in [0.2, 0.25) is 0 Å². The highest BCUT2D eigenvalue weighted by atomic mass is 16.6. The summed E-state index contributed by atoms with van der Waals surface area (Å²) in [7, 11) is 1.22. The van der Waals surface area contributed by atoms with Crippen molar-refractivity contribution in [2.75, 3.05) is 20.3 Å². The van der Waals surface area contributed by atoms with Crippen LogP contribution in [0.1, 0.15) is 25.3 Å². The predicted octanol–water partition coefficient (Wildman–Crippen LogP) is 2.08. The molecule has 7 heteroatoms. The van der Waals surface area contributed by atoms with Crippen LogP contribution >= 0.6 is 0 Å². The molecule has 1 atom stereocenters.